The van der Waals surface area contributed by atoms with Crippen LogP contribution in [0.3, 0.4) is 0 Å². The molecule has 0 bridgehead atoms. The van der Waals surface area contributed by atoms with Crippen LogP contribution in [0.2, 0.25) is 0 Å². The molecule has 1 amide bonds. The van der Waals surface area contributed by atoms with E-state index >= 15 is 0 Å². The van der Waals surface area contributed by atoms with Gasteiger partial charge in [0.25, 0.3) is 5.91 Å². The van der Waals surface area contributed by atoms with Crippen molar-refractivity contribution in [2.24, 2.45) is 0 Å². The molecular weight excluding hydrogens is 544 g/mol. The molecule has 1 aromatic carbocycles. The molecule has 1 aliphatic carbocycles. The van der Waals surface area contributed by atoms with Crippen molar-refractivity contribution in [1.29, 1.82) is 0 Å². The largest absolute Gasteiger partial charge is 0.356 e. The second-order valence-electron chi connectivity index (χ2n) is 9.64. The fourth-order valence-electron chi connectivity index (χ4n) is 4.50. The number of nitrogens with one attached hydrogen (secondary N) is 3. The third-order valence-electron chi connectivity index (χ3n) is 6.47. The number of sulfonamides is 1. The van der Waals surface area contributed by atoms with Crippen LogP contribution in [0.15, 0.2) is 29.3 Å². The number of carbonyl (C=O) groups excluding carboxylic acids is 1. The van der Waals surface area contributed by atoms with Crippen molar-refractivity contribution >= 4 is 27.3 Å². The highest BCUT2D eigenvalue weighted by molar-refractivity contribution is 7.89. The van der Waals surface area contributed by atoms with Gasteiger partial charge in [-0.15, -0.1) is 11.3 Å². The van der Waals surface area contributed by atoms with Gasteiger partial charge in [0.05, 0.1) is 27.4 Å². The van der Waals surface area contributed by atoms with Crippen LogP contribution in [-0.4, -0.2) is 76.6 Å². The standard InChI is InChI=1S/C26H40N4O7S2/c1-6-29-39(33,34)22-13-18(24(31)27-15-23(35-4)36-5)9-12-20(22)21-14-28-25(38-21)17-7-10-19(11-8-17)30-26(32)37-16(2)3/h9,12-14,16-17,19,23,26,29-30,32H,6-8,10-11,15H2,1-5H3,(H,27,31). The van der Waals surface area contributed by atoms with E-state index in [1.165, 1.54) is 31.6 Å². The molecule has 0 radical (unpaired) electrons. The smallest absolute Gasteiger partial charge is 0.251 e. The van der Waals surface area contributed by atoms with Crippen LogP contribution in [-0.2, 0) is 24.2 Å². The first-order valence-corrected chi connectivity index (χ1v) is 15.4. The van der Waals surface area contributed by atoms with Crippen molar-refractivity contribution in [3.05, 3.63) is 35.0 Å². The molecule has 11 nitrogen and oxygen atoms in total. The summed E-state index contributed by atoms with van der Waals surface area (Å²) in [5.74, 6) is -0.189. The Balaban J connectivity index is 1.77. The normalized spacial score (nSPS) is 19.0. The molecule has 4 N–H and O–H groups in total. The Hall–Kier alpha value is -1.97. The van der Waals surface area contributed by atoms with E-state index in [0.29, 0.717) is 10.4 Å². The number of carbonyl (C=O) groups is 1. The van der Waals surface area contributed by atoms with Crippen molar-refractivity contribution in [1.82, 2.24) is 20.3 Å². The van der Waals surface area contributed by atoms with E-state index in [9.17, 15) is 18.3 Å². The van der Waals surface area contributed by atoms with E-state index in [1.807, 2.05) is 13.8 Å². The van der Waals surface area contributed by atoms with Gasteiger partial charge in [-0.1, -0.05) is 13.0 Å². The second-order valence-corrected chi connectivity index (χ2v) is 12.4. The number of aromatic nitrogens is 1. The zero-order valence-corrected chi connectivity index (χ0v) is 24.7. The van der Waals surface area contributed by atoms with Gasteiger partial charge in [0.2, 0.25) is 16.4 Å². The minimum Gasteiger partial charge on any atom is -0.356 e. The maximum Gasteiger partial charge on any atom is 0.251 e. The van der Waals surface area contributed by atoms with E-state index in [0.717, 1.165) is 30.7 Å². The molecule has 3 rings (SSSR count). The van der Waals surface area contributed by atoms with Gasteiger partial charge in [0.1, 0.15) is 0 Å². The number of amides is 1. The Morgan fingerprint density at radius 3 is 2.49 bits per heavy atom. The predicted molar refractivity (Wildman–Crippen MR) is 149 cm³/mol. The van der Waals surface area contributed by atoms with Gasteiger partial charge in [0, 0.05) is 50.0 Å². The molecule has 1 aromatic heterocycles. The summed E-state index contributed by atoms with van der Waals surface area (Å²) in [5, 5.41) is 16.8. The maximum atomic E-state index is 13.1. The van der Waals surface area contributed by atoms with E-state index in [4.69, 9.17) is 14.2 Å². The molecule has 0 spiro atoms. The summed E-state index contributed by atoms with van der Waals surface area (Å²) in [5.41, 5.74) is 0.701. The van der Waals surface area contributed by atoms with Crippen molar-refractivity contribution < 1.29 is 32.5 Å². The molecule has 1 saturated carbocycles. The number of ether oxygens (including phenoxy) is 3. The summed E-state index contributed by atoms with van der Waals surface area (Å²) < 4.78 is 44.3. The van der Waals surface area contributed by atoms with Crippen LogP contribution in [0, 0.1) is 0 Å². The molecule has 2 aromatic rings. The first-order valence-electron chi connectivity index (χ1n) is 13.1. The molecule has 1 fully saturated rings. The highest BCUT2D eigenvalue weighted by Gasteiger charge is 2.28. The lowest BCUT2D eigenvalue weighted by atomic mass is 9.86. The number of rotatable bonds is 14. The molecule has 39 heavy (non-hydrogen) atoms. The number of thiazole rings is 1. The van der Waals surface area contributed by atoms with Gasteiger partial charge < -0.3 is 24.6 Å². The monoisotopic (exact) mass is 584 g/mol. The second kappa shape index (κ2) is 14.6. The number of hydrogen-bond acceptors (Lipinski definition) is 10. The minimum absolute atomic E-state index is 0.0225. The van der Waals surface area contributed by atoms with Crippen LogP contribution >= 0.6 is 11.3 Å². The van der Waals surface area contributed by atoms with E-state index in [-0.39, 0.29) is 41.6 Å². The van der Waals surface area contributed by atoms with Crippen LogP contribution in [0.5, 0.6) is 0 Å². The summed E-state index contributed by atoms with van der Waals surface area (Å²) >= 11 is 1.47. The Bertz CT molecular complexity index is 1180. The van der Waals surface area contributed by atoms with E-state index < -0.39 is 28.6 Å². The van der Waals surface area contributed by atoms with Crippen LogP contribution in [0.4, 0.5) is 0 Å². The molecule has 0 saturated heterocycles. The summed E-state index contributed by atoms with van der Waals surface area (Å²) in [6, 6.07) is 4.80. The maximum absolute atomic E-state index is 13.1. The van der Waals surface area contributed by atoms with Gasteiger partial charge >= 0.3 is 0 Å². The first kappa shape index (κ1) is 31.6. The molecule has 218 valence electrons. The third-order valence-corrected chi connectivity index (χ3v) is 9.25. The summed E-state index contributed by atoms with van der Waals surface area (Å²) in [4.78, 5) is 18.1. The third kappa shape index (κ3) is 8.76. The van der Waals surface area contributed by atoms with E-state index in [1.54, 1.807) is 25.3 Å². The summed E-state index contributed by atoms with van der Waals surface area (Å²) in [6.07, 6.45) is 3.56. The quantitative estimate of drug-likeness (QED) is 0.246. The topological polar surface area (TPSA) is 148 Å². The zero-order valence-electron chi connectivity index (χ0n) is 23.1. The Labute approximate surface area is 234 Å². The lowest BCUT2D eigenvalue weighted by molar-refractivity contribution is -0.150. The highest BCUT2D eigenvalue weighted by Crippen LogP contribution is 2.39. The Morgan fingerprint density at radius 2 is 1.87 bits per heavy atom. The van der Waals surface area contributed by atoms with E-state index in [2.05, 4.69) is 20.3 Å². The molecule has 1 atom stereocenters. The van der Waals surface area contributed by atoms with Crippen molar-refractivity contribution in [2.45, 2.75) is 82.1 Å². The highest BCUT2D eigenvalue weighted by atomic mass is 32.2. The Morgan fingerprint density at radius 1 is 1.18 bits per heavy atom. The average molecular weight is 585 g/mol. The number of nitrogens with zero attached hydrogens (tertiary/aromatic N) is 1. The minimum atomic E-state index is -3.87. The first-order chi connectivity index (χ1) is 18.6. The van der Waals surface area contributed by atoms with Crippen LogP contribution in [0.25, 0.3) is 10.4 Å². The van der Waals surface area contributed by atoms with Gasteiger partial charge in [-0.3, -0.25) is 10.1 Å². The van der Waals surface area contributed by atoms with Gasteiger partial charge in [-0.2, -0.15) is 0 Å². The van der Waals surface area contributed by atoms with Crippen molar-refractivity contribution in [3.8, 4) is 10.4 Å². The summed E-state index contributed by atoms with van der Waals surface area (Å²) in [7, 11) is -0.938. The molecular formula is C26H40N4O7S2. The zero-order chi connectivity index (χ0) is 28.6. The molecule has 13 heteroatoms. The van der Waals surface area contributed by atoms with Crippen LogP contribution < -0.4 is 15.4 Å². The molecule has 1 aliphatic rings. The van der Waals surface area contributed by atoms with Gasteiger partial charge in [0.15, 0.2) is 6.29 Å². The van der Waals surface area contributed by atoms with Crippen LogP contribution in [0.1, 0.15) is 67.7 Å². The average Bonchev–Trinajstić information content (AvgIpc) is 3.39. The number of benzene rings is 1. The number of aliphatic hydroxyl groups excluding tert-OH is 1. The Kier molecular flexibility index (Phi) is 11.8. The molecule has 0 aliphatic heterocycles. The number of methoxy groups -OCH3 is 2. The predicted octanol–water partition coefficient (Wildman–Crippen LogP) is 2.77. The van der Waals surface area contributed by atoms with Crippen molar-refractivity contribution in [3.63, 3.8) is 0 Å². The number of aliphatic hydroxyl groups is 1. The lowest BCUT2D eigenvalue weighted by Crippen LogP contribution is -2.42. The summed E-state index contributed by atoms with van der Waals surface area (Å²) in [6.45, 7) is 5.78. The van der Waals surface area contributed by atoms with Gasteiger partial charge in [-0.05, 0) is 51.7 Å². The molecule has 1 heterocycles. The fourth-order valence-corrected chi connectivity index (χ4v) is 6.98. The van der Waals surface area contributed by atoms with Gasteiger partial charge in [-0.25, -0.2) is 18.1 Å². The lowest BCUT2D eigenvalue weighted by Gasteiger charge is -2.30. The number of hydrogen-bond donors (Lipinski definition) is 4. The molecule has 1 unspecified atom stereocenters. The SMILES string of the molecule is CCNS(=O)(=O)c1cc(C(=O)NCC(OC)OC)ccc1-c1cnc(C2CCC(NC(O)OC(C)C)CC2)s1. The fraction of sp³-hybridized carbons (Fsp3) is 0.615. The van der Waals surface area contributed by atoms with Crippen molar-refractivity contribution in [2.75, 3.05) is 27.3 Å².